The molecule has 5 nitrogen and oxygen atoms in total. The molecule has 0 amide bonds. The van der Waals surface area contributed by atoms with Gasteiger partial charge in [0.1, 0.15) is 5.58 Å². The Morgan fingerprint density at radius 2 is 1.78 bits per heavy atom. The van der Waals surface area contributed by atoms with Crippen molar-refractivity contribution < 1.29 is 9.15 Å². The highest BCUT2D eigenvalue weighted by Crippen LogP contribution is 2.30. The summed E-state index contributed by atoms with van der Waals surface area (Å²) in [5, 5.41) is 0.580. The van der Waals surface area contributed by atoms with Crippen LogP contribution in [0.3, 0.4) is 0 Å². The van der Waals surface area contributed by atoms with Gasteiger partial charge < -0.3 is 14.1 Å². The summed E-state index contributed by atoms with van der Waals surface area (Å²) >= 11 is 0. The molecule has 0 radical (unpaired) electrons. The minimum Gasteiger partial charge on any atom is -0.424 e. The van der Waals surface area contributed by atoms with E-state index in [1.807, 2.05) is 11.0 Å². The van der Waals surface area contributed by atoms with Crippen molar-refractivity contribution in [3.8, 4) is 0 Å². The highest BCUT2D eigenvalue weighted by molar-refractivity contribution is 5.81. The third kappa shape index (κ3) is 3.11. The van der Waals surface area contributed by atoms with Gasteiger partial charge in [-0.2, -0.15) is 4.98 Å². The van der Waals surface area contributed by atoms with E-state index in [0.29, 0.717) is 49.2 Å². The molecule has 5 heteroatoms. The van der Waals surface area contributed by atoms with E-state index in [-0.39, 0.29) is 11.5 Å². The largest absolute Gasteiger partial charge is 0.424 e. The summed E-state index contributed by atoms with van der Waals surface area (Å²) in [7, 11) is 0. The topological polar surface area (TPSA) is 55.6 Å². The summed E-state index contributed by atoms with van der Waals surface area (Å²) in [6.07, 6.45) is 0. The molecule has 1 aromatic carbocycles. The van der Waals surface area contributed by atoms with Gasteiger partial charge in [0.05, 0.1) is 18.6 Å². The van der Waals surface area contributed by atoms with E-state index >= 15 is 0 Å². The quantitative estimate of drug-likeness (QED) is 0.870. The number of rotatable bonds is 3. The molecule has 0 atom stereocenters. The van der Waals surface area contributed by atoms with Gasteiger partial charge in [0.2, 0.25) is 0 Å². The van der Waals surface area contributed by atoms with Crippen LogP contribution in [0.15, 0.2) is 21.3 Å². The number of nitrogens with zero attached hydrogens (tertiary/aromatic N) is 2. The Balaban J connectivity index is 2.20. The molecular formula is C18H24N2O3. The number of benzene rings is 1. The van der Waals surface area contributed by atoms with E-state index in [4.69, 9.17) is 9.15 Å². The summed E-state index contributed by atoms with van der Waals surface area (Å²) in [5.41, 5.74) is 2.68. The van der Waals surface area contributed by atoms with Crippen LogP contribution < -0.4 is 10.5 Å². The number of fused-ring (bicyclic) bond motifs is 1. The zero-order valence-electron chi connectivity index (χ0n) is 14.3. The van der Waals surface area contributed by atoms with E-state index in [9.17, 15) is 4.79 Å². The molecule has 0 N–H and O–H groups in total. The molecular weight excluding hydrogens is 292 g/mol. The Kier molecular flexibility index (Phi) is 4.39. The van der Waals surface area contributed by atoms with Crippen molar-refractivity contribution >= 4 is 17.0 Å². The van der Waals surface area contributed by atoms with Gasteiger partial charge >= 0.3 is 6.01 Å². The van der Waals surface area contributed by atoms with Crippen molar-refractivity contribution in [2.75, 3.05) is 31.2 Å². The Morgan fingerprint density at radius 1 is 1.09 bits per heavy atom. The lowest BCUT2D eigenvalue weighted by Gasteiger charge is -2.26. The minimum absolute atomic E-state index is 0.211. The molecule has 0 bridgehead atoms. The van der Waals surface area contributed by atoms with E-state index in [1.165, 1.54) is 0 Å². The number of hydrogen-bond donors (Lipinski definition) is 0. The predicted molar refractivity (Wildman–Crippen MR) is 91.5 cm³/mol. The SMILES string of the molecule is CC(C)c1cc(C(C)C)c2oc(N3CCOCC3)nc(=O)c2c1. The maximum Gasteiger partial charge on any atom is 0.301 e. The number of morpholine rings is 1. The Hall–Kier alpha value is -1.88. The first-order chi connectivity index (χ1) is 11.0. The van der Waals surface area contributed by atoms with Crippen molar-refractivity contribution in [3.63, 3.8) is 0 Å². The molecule has 0 unspecified atom stereocenters. The summed E-state index contributed by atoms with van der Waals surface area (Å²) < 4.78 is 11.4. The second-order valence-corrected chi connectivity index (χ2v) is 6.70. The second-order valence-electron chi connectivity index (χ2n) is 6.70. The van der Waals surface area contributed by atoms with Crippen LogP contribution in [0.5, 0.6) is 0 Å². The van der Waals surface area contributed by atoms with Crippen LogP contribution in [-0.4, -0.2) is 31.3 Å². The first kappa shape index (κ1) is 16.0. The highest BCUT2D eigenvalue weighted by atomic mass is 16.5. The number of anilines is 1. The second kappa shape index (κ2) is 6.32. The van der Waals surface area contributed by atoms with Crippen LogP contribution in [0.25, 0.3) is 11.0 Å². The molecule has 1 fully saturated rings. The van der Waals surface area contributed by atoms with Crippen molar-refractivity contribution in [2.24, 2.45) is 0 Å². The normalized spacial score (nSPS) is 15.8. The van der Waals surface area contributed by atoms with Gasteiger partial charge in [-0.05, 0) is 29.0 Å². The van der Waals surface area contributed by atoms with Gasteiger partial charge in [0.25, 0.3) is 5.56 Å². The lowest BCUT2D eigenvalue weighted by Crippen LogP contribution is -2.37. The van der Waals surface area contributed by atoms with Crippen LogP contribution in [0, 0.1) is 0 Å². The maximum atomic E-state index is 12.6. The van der Waals surface area contributed by atoms with Crippen molar-refractivity contribution in [1.29, 1.82) is 0 Å². The van der Waals surface area contributed by atoms with E-state index in [1.54, 1.807) is 0 Å². The molecule has 23 heavy (non-hydrogen) atoms. The third-order valence-electron chi connectivity index (χ3n) is 4.33. The Labute approximate surface area is 136 Å². The molecule has 2 aromatic rings. The molecule has 0 saturated carbocycles. The van der Waals surface area contributed by atoms with Gasteiger partial charge in [-0.15, -0.1) is 0 Å². The van der Waals surface area contributed by atoms with Crippen LogP contribution in [-0.2, 0) is 4.74 Å². The van der Waals surface area contributed by atoms with Gasteiger partial charge in [-0.1, -0.05) is 33.8 Å². The van der Waals surface area contributed by atoms with Crippen LogP contribution >= 0.6 is 0 Å². The summed E-state index contributed by atoms with van der Waals surface area (Å²) in [6.45, 7) is 11.1. The van der Waals surface area contributed by atoms with Crippen LogP contribution in [0.1, 0.15) is 50.7 Å². The van der Waals surface area contributed by atoms with Crippen LogP contribution in [0.2, 0.25) is 0 Å². The third-order valence-corrected chi connectivity index (χ3v) is 4.33. The monoisotopic (exact) mass is 316 g/mol. The molecule has 3 rings (SSSR count). The van der Waals surface area contributed by atoms with E-state index in [0.717, 1.165) is 11.1 Å². The molecule has 1 aliphatic rings. The lowest BCUT2D eigenvalue weighted by molar-refractivity contribution is 0.120. The molecule has 1 aromatic heterocycles. The number of aromatic nitrogens is 1. The first-order valence-electron chi connectivity index (χ1n) is 8.28. The summed E-state index contributed by atoms with van der Waals surface area (Å²) in [6, 6.07) is 4.49. The van der Waals surface area contributed by atoms with Gasteiger partial charge in [-0.3, -0.25) is 4.79 Å². The zero-order chi connectivity index (χ0) is 16.6. The first-order valence-corrected chi connectivity index (χ1v) is 8.28. The summed E-state index contributed by atoms with van der Waals surface area (Å²) in [4.78, 5) is 18.7. The molecule has 0 aliphatic carbocycles. The fourth-order valence-electron chi connectivity index (χ4n) is 2.86. The Bertz CT molecular complexity index is 759. The minimum atomic E-state index is -0.211. The van der Waals surface area contributed by atoms with Gasteiger partial charge in [-0.25, -0.2) is 0 Å². The smallest absolute Gasteiger partial charge is 0.301 e. The zero-order valence-corrected chi connectivity index (χ0v) is 14.3. The molecule has 124 valence electrons. The molecule has 0 spiro atoms. The average molecular weight is 316 g/mol. The van der Waals surface area contributed by atoms with E-state index in [2.05, 4.69) is 38.7 Å². The van der Waals surface area contributed by atoms with Crippen molar-refractivity contribution in [3.05, 3.63) is 33.6 Å². The van der Waals surface area contributed by atoms with Crippen LogP contribution in [0.4, 0.5) is 6.01 Å². The fraction of sp³-hybridized carbons (Fsp3) is 0.556. The maximum absolute atomic E-state index is 12.6. The van der Waals surface area contributed by atoms with Gasteiger partial charge in [0.15, 0.2) is 0 Å². The van der Waals surface area contributed by atoms with Crippen molar-refractivity contribution in [1.82, 2.24) is 4.98 Å². The molecule has 1 aliphatic heterocycles. The fourth-order valence-corrected chi connectivity index (χ4v) is 2.86. The molecule has 1 saturated heterocycles. The predicted octanol–water partition coefficient (Wildman–Crippen LogP) is 3.27. The highest BCUT2D eigenvalue weighted by Gasteiger charge is 2.20. The Morgan fingerprint density at radius 3 is 2.39 bits per heavy atom. The molecule has 2 heterocycles. The lowest BCUT2D eigenvalue weighted by atomic mass is 9.93. The number of ether oxygens (including phenoxy) is 1. The van der Waals surface area contributed by atoms with E-state index < -0.39 is 0 Å². The summed E-state index contributed by atoms with van der Waals surface area (Å²) in [5.74, 6) is 0.634. The average Bonchev–Trinajstić information content (AvgIpc) is 2.54. The standard InChI is InChI=1S/C18H24N2O3/c1-11(2)13-9-14(12(3)4)16-15(10-13)17(21)19-18(23-16)20-5-7-22-8-6-20/h9-12H,5-8H2,1-4H3. The van der Waals surface area contributed by atoms with Gasteiger partial charge in [0, 0.05) is 13.1 Å². The number of hydrogen-bond acceptors (Lipinski definition) is 5. The van der Waals surface area contributed by atoms with Crippen molar-refractivity contribution in [2.45, 2.75) is 39.5 Å².